The fourth-order valence-corrected chi connectivity index (χ4v) is 3.14. The molecule has 2 fully saturated rings. The highest BCUT2D eigenvalue weighted by atomic mass is 16.4. The molecule has 1 amide bonds. The Kier molecular flexibility index (Phi) is 3.50. The number of rotatable bonds is 4. The molecule has 5 nitrogen and oxygen atoms in total. The van der Waals surface area contributed by atoms with Gasteiger partial charge in [-0.3, -0.25) is 4.79 Å². The van der Waals surface area contributed by atoms with Crippen molar-refractivity contribution in [1.82, 2.24) is 5.32 Å². The summed E-state index contributed by atoms with van der Waals surface area (Å²) in [7, 11) is 0. The van der Waals surface area contributed by atoms with Crippen LogP contribution in [-0.2, 0) is 4.79 Å². The highest BCUT2D eigenvalue weighted by Gasteiger charge is 2.52. The molecule has 2 aliphatic carbocycles. The van der Waals surface area contributed by atoms with Crippen LogP contribution in [0.1, 0.15) is 46.0 Å². The molecule has 0 aromatic carbocycles. The Morgan fingerprint density at radius 3 is 2.50 bits per heavy atom. The monoisotopic (exact) mass is 253 g/mol. The van der Waals surface area contributed by atoms with E-state index >= 15 is 0 Å². The molecule has 0 aromatic heterocycles. The average Bonchev–Trinajstić information content (AvgIpc) is 2.20. The van der Waals surface area contributed by atoms with Crippen LogP contribution in [0.4, 0.5) is 0 Å². The number of nitrogens with one attached hydrogen (secondary N) is 1. The minimum atomic E-state index is -0.772. The van der Waals surface area contributed by atoms with Crippen LogP contribution in [0.5, 0.6) is 0 Å². The van der Waals surface area contributed by atoms with Crippen LogP contribution < -0.4 is 11.1 Å². The van der Waals surface area contributed by atoms with Crippen LogP contribution >= 0.6 is 0 Å². The van der Waals surface area contributed by atoms with Crippen molar-refractivity contribution in [2.75, 3.05) is 0 Å². The number of amides is 1. The van der Waals surface area contributed by atoms with E-state index in [0.29, 0.717) is 24.7 Å². The molecule has 4 N–H and O–H groups in total. The van der Waals surface area contributed by atoms with Gasteiger partial charge in [0.25, 0.3) is 0 Å². The molecule has 0 aliphatic heterocycles. The molecule has 0 radical (unpaired) electrons. The van der Waals surface area contributed by atoms with Gasteiger partial charge in [0.15, 0.2) is 5.84 Å². The lowest BCUT2D eigenvalue weighted by atomic mass is 9.61. The predicted molar refractivity (Wildman–Crippen MR) is 69.2 cm³/mol. The number of carbonyl (C=O) groups excluding carboxylic acids is 1. The number of hydrogen-bond donors (Lipinski definition) is 3. The summed E-state index contributed by atoms with van der Waals surface area (Å²) in [5.41, 5.74) is 4.94. The maximum Gasteiger partial charge on any atom is 0.234 e. The van der Waals surface area contributed by atoms with Gasteiger partial charge in [-0.05, 0) is 44.4 Å². The number of hydrogen-bond acceptors (Lipinski definition) is 3. The molecule has 5 heteroatoms. The number of carbonyl (C=O) groups is 1. The van der Waals surface area contributed by atoms with Crippen molar-refractivity contribution in [2.24, 2.45) is 28.1 Å². The smallest absolute Gasteiger partial charge is 0.234 e. The third-order valence-electron chi connectivity index (χ3n) is 4.64. The van der Waals surface area contributed by atoms with Gasteiger partial charge in [-0.15, -0.1) is 0 Å². The Balaban J connectivity index is 2.00. The Labute approximate surface area is 108 Å². The Bertz CT molecular complexity index is 357. The van der Waals surface area contributed by atoms with E-state index in [1.807, 2.05) is 6.92 Å². The van der Waals surface area contributed by atoms with Crippen molar-refractivity contribution in [3.63, 3.8) is 0 Å². The lowest BCUT2D eigenvalue weighted by Crippen LogP contribution is -2.59. The van der Waals surface area contributed by atoms with Crippen LogP contribution in [0.3, 0.4) is 0 Å². The molecular weight excluding hydrogens is 230 g/mol. The number of amidine groups is 1. The van der Waals surface area contributed by atoms with Crippen LogP contribution in [0.15, 0.2) is 5.16 Å². The van der Waals surface area contributed by atoms with Gasteiger partial charge in [0, 0.05) is 6.04 Å². The minimum Gasteiger partial charge on any atom is -0.409 e. The van der Waals surface area contributed by atoms with Crippen molar-refractivity contribution >= 4 is 11.7 Å². The van der Waals surface area contributed by atoms with E-state index in [1.54, 1.807) is 0 Å². The van der Waals surface area contributed by atoms with Crippen LogP contribution in [0.25, 0.3) is 0 Å². The number of nitrogens with two attached hydrogens (primary N) is 1. The molecule has 2 aliphatic rings. The standard InChI is InChI=1S/C13H23N3O2/c1-8-6-13(7-8,11(14)16-18)12(17)15-9(2)10-4-3-5-10/h8-10,18H,3-7H2,1-2H3,(H2,14,16)(H,15,17). The molecule has 102 valence electrons. The molecule has 0 heterocycles. The number of nitrogens with zero attached hydrogens (tertiary/aromatic N) is 1. The van der Waals surface area contributed by atoms with Gasteiger partial charge < -0.3 is 16.3 Å². The van der Waals surface area contributed by atoms with E-state index in [1.165, 1.54) is 19.3 Å². The summed E-state index contributed by atoms with van der Waals surface area (Å²) in [6.45, 7) is 4.12. The third-order valence-corrected chi connectivity index (χ3v) is 4.64. The van der Waals surface area contributed by atoms with E-state index in [4.69, 9.17) is 10.9 Å². The fraction of sp³-hybridized carbons (Fsp3) is 0.846. The van der Waals surface area contributed by atoms with Crippen LogP contribution in [-0.4, -0.2) is 23.0 Å². The van der Waals surface area contributed by atoms with Gasteiger partial charge in [0.1, 0.15) is 5.41 Å². The zero-order valence-electron chi connectivity index (χ0n) is 11.1. The van der Waals surface area contributed by atoms with Crippen molar-refractivity contribution in [3.05, 3.63) is 0 Å². The highest BCUT2D eigenvalue weighted by Crippen LogP contribution is 2.46. The summed E-state index contributed by atoms with van der Waals surface area (Å²) >= 11 is 0. The lowest BCUT2D eigenvalue weighted by Gasteiger charge is -2.45. The first-order valence-corrected chi connectivity index (χ1v) is 6.78. The molecule has 1 atom stereocenters. The van der Waals surface area contributed by atoms with Crippen molar-refractivity contribution < 1.29 is 10.0 Å². The van der Waals surface area contributed by atoms with Gasteiger partial charge in [0.2, 0.25) is 5.91 Å². The van der Waals surface area contributed by atoms with Crippen LogP contribution in [0, 0.1) is 17.3 Å². The molecule has 2 saturated carbocycles. The van der Waals surface area contributed by atoms with Gasteiger partial charge in [-0.2, -0.15) is 0 Å². The summed E-state index contributed by atoms with van der Waals surface area (Å²) in [6.07, 6.45) is 4.98. The molecule has 2 rings (SSSR count). The zero-order valence-corrected chi connectivity index (χ0v) is 11.1. The normalized spacial score (nSPS) is 34.3. The molecule has 0 bridgehead atoms. The van der Waals surface area contributed by atoms with Crippen molar-refractivity contribution in [3.8, 4) is 0 Å². The SMILES string of the molecule is CC1CC(C(=O)NC(C)C2CCC2)(C(N)=NO)C1. The molecule has 0 aromatic rings. The Hall–Kier alpha value is -1.26. The minimum absolute atomic E-state index is 0.0545. The predicted octanol–water partition coefficient (Wildman–Crippen LogP) is 1.45. The largest absolute Gasteiger partial charge is 0.409 e. The zero-order chi connectivity index (χ0) is 13.3. The van der Waals surface area contributed by atoms with E-state index in [9.17, 15) is 4.79 Å². The summed E-state index contributed by atoms with van der Waals surface area (Å²) < 4.78 is 0. The van der Waals surface area contributed by atoms with Crippen LogP contribution in [0.2, 0.25) is 0 Å². The summed E-state index contributed by atoms with van der Waals surface area (Å²) in [5.74, 6) is 1.03. The van der Waals surface area contributed by atoms with Gasteiger partial charge in [-0.25, -0.2) is 0 Å². The lowest BCUT2D eigenvalue weighted by molar-refractivity contribution is -0.134. The first-order valence-electron chi connectivity index (χ1n) is 6.78. The second-order valence-corrected chi connectivity index (χ2v) is 6.03. The maximum absolute atomic E-state index is 12.4. The molecular formula is C13H23N3O2. The second-order valence-electron chi connectivity index (χ2n) is 6.03. The topological polar surface area (TPSA) is 87.7 Å². The highest BCUT2D eigenvalue weighted by molar-refractivity contribution is 6.07. The molecule has 18 heavy (non-hydrogen) atoms. The molecule has 0 spiro atoms. The Morgan fingerprint density at radius 1 is 1.50 bits per heavy atom. The average molecular weight is 253 g/mol. The summed E-state index contributed by atoms with van der Waals surface area (Å²) in [6, 6.07) is 0.186. The summed E-state index contributed by atoms with van der Waals surface area (Å²) in [4.78, 5) is 12.4. The van der Waals surface area contributed by atoms with Crippen molar-refractivity contribution in [2.45, 2.75) is 52.0 Å². The molecule has 0 saturated heterocycles. The van der Waals surface area contributed by atoms with E-state index in [-0.39, 0.29) is 17.8 Å². The molecule has 1 unspecified atom stereocenters. The first kappa shape index (κ1) is 13.2. The third kappa shape index (κ3) is 2.06. The maximum atomic E-state index is 12.4. The van der Waals surface area contributed by atoms with E-state index < -0.39 is 5.41 Å². The van der Waals surface area contributed by atoms with Gasteiger partial charge in [0.05, 0.1) is 0 Å². The van der Waals surface area contributed by atoms with Gasteiger partial charge in [-0.1, -0.05) is 18.5 Å². The van der Waals surface area contributed by atoms with Crippen molar-refractivity contribution in [1.29, 1.82) is 0 Å². The summed E-state index contributed by atoms with van der Waals surface area (Å²) in [5, 5.41) is 15.0. The number of oxime groups is 1. The quantitative estimate of drug-likeness (QED) is 0.307. The fourth-order valence-electron chi connectivity index (χ4n) is 3.14. The first-order chi connectivity index (χ1) is 8.49. The van der Waals surface area contributed by atoms with E-state index in [2.05, 4.69) is 17.4 Å². The van der Waals surface area contributed by atoms with Gasteiger partial charge >= 0.3 is 0 Å². The second kappa shape index (κ2) is 4.78. The Morgan fingerprint density at radius 2 is 2.11 bits per heavy atom. The van der Waals surface area contributed by atoms with E-state index in [0.717, 1.165) is 0 Å².